The van der Waals surface area contributed by atoms with Crippen LogP contribution in [0.1, 0.15) is 53.8 Å². The molecule has 1 heterocycles. The Kier molecular flexibility index (Phi) is 7.78. The zero-order chi connectivity index (χ0) is 21.6. The van der Waals surface area contributed by atoms with Gasteiger partial charge in [0.2, 0.25) is 0 Å². The first-order valence-corrected chi connectivity index (χ1v) is 12.5. The first-order chi connectivity index (χ1) is 14.4. The van der Waals surface area contributed by atoms with Crippen molar-refractivity contribution in [3.63, 3.8) is 0 Å². The number of unbranched alkanes of at least 4 members (excludes halogenated alkanes) is 2. The summed E-state index contributed by atoms with van der Waals surface area (Å²) in [5, 5.41) is -0.247. The van der Waals surface area contributed by atoms with Crippen molar-refractivity contribution in [1.82, 2.24) is 4.90 Å². The van der Waals surface area contributed by atoms with Crippen LogP contribution >= 0.6 is 11.6 Å². The van der Waals surface area contributed by atoms with Gasteiger partial charge in [0.25, 0.3) is 5.91 Å². The number of hydrogen-bond donors (Lipinski definition) is 0. The third kappa shape index (κ3) is 5.55. The highest BCUT2D eigenvalue weighted by molar-refractivity contribution is 7.91. The molecule has 3 rings (SSSR count). The molecule has 7 heteroatoms. The van der Waals surface area contributed by atoms with Crippen LogP contribution in [0.15, 0.2) is 48.5 Å². The van der Waals surface area contributed by atoms with Crippen LogP contribution in [0.2, 0.25) is 5.02 Å². The van der Waals surface area contributed by atoms with Gasteiger partial charge in [0.15, 0.2) is 9.84 Å². The summed E-state index contributed by atoms with van der Waals surface area (Å²) in [6.07, 6.45) is 3.60. The fraction of sp³-hybridized carbons (Fsp3) is 0.435. The third-order valence-electron chi connectivity index (χ3n) is 5.40. The second-order valence-electron chi connectivity index (χ2n) is 7.54. The maximum atomic E-state index is 12.9. The number of halogens is 1. The van der Waals surface area contributed by atoms with Crippen LogP contribution in [0.4, 0.5) is 0 Å². The Labute approximate surface area is 183 Å². The van der Waals surface area contributed by atoms with E-state index in [-0.39, 0.29) is 18.2 Å². The molecule has 0 bridgehead atoms. The highest BCUT2D eigenvalue weighted by Gasteiger charge is 2.33. The molecule has 0 aromatic heterocycles. The molecule has 2 aromatic rings. The monoisotopic (exact) mass is 449 g/mol. The van der Waals surface area contributed by atoms with Gasteiger partial charge in [-0.1, -0.05) is 49.6 Å². The van der Waals surface area contributed by atoms with E-state index >= 15 is 0 Å². The van der Waals surface area contributed by atoms with Crippen LogP contribution in [-0.2, 0) is 9.84 Å². The van der Waals surface area contributed by atoms with E-state index < -0.39 is 15.1 Å². The van der Waals surface area contributed by atoms with E-state index in [0.29, 0.717) is 35.7 Å². The lowest BCUT2D eigenvalue weighted by Gasteiger charge is -2.20. The molecule has 0 aliphatic carbocycles. The number of carbonyl (C=O) groups is 1. The fourth-order valence-electron chi connectivity index (χ4n) is 3.65. The van der Waals surface area contributed by atoms with Crippen molar-refractivity contribution in [1.29, 1.82) is 0 Å². The minimum Gasteiger partial charge on any atom is -0.494 e. The SMILES string of the molecule is CCCCCOc1ccc(C(=O)N2CCC(c3ccccc3Cl)S(=O)(=O)CC2)cc1. The molecule has 1 fully saturated rings. The van der Waals surface area contributed by atoms with Crippen LogP contribution in [0.5, 0.6) is 5.75 Å². The standard InChI is InChI=1S/C23H28ClNO4S/c1-2-3-6-16-29-19-11-9-18(10-12-19)23(26)25-14-13-22(30(27,28)17-15-25)20-7-4-5-8-21(20)24/h4-5,7-12,22H,2-3,6,13-17H2,1H3. The van der Waals surface area contributed by atoms with E-state index in [4.69, 9.17) is 16.3 Å². The van der Waals surface area contributed by atoms with Crippen LogP contribution < -0.4 is 4.74 Å². The number of amides is 1. The highest BCUT2D eigenvalue weighted by Crippen LogP contribution is 2.34. The predicted octanol–water partition coefficient (Wildman–Crippen LogP) is 4.91. The van der Waals surface area contributed by atoms with Gasteiger partial charge in [-0.05, 0) is 48.7 Å². The lowest BCUT2D eigenvalue weighted by molar-refractivity contribution is 0.0766. The zero-order valence-electron chi connectivity index (χ0n) is 17.2. The molecular formula is C23H28ClNO4S. The lowest BCUT2D eigenvalue weighted by Crippen LogP contribution is -2.33. The van der Waals surface area contributed by atoms with Crippen molar-refractivity contribution < 1.29 is 17.9 Å². The topological polar surface area (TPSA) is 63.7 Å². The van der Waals surface area contributed by atoms with Gasteiger partial charge < -0.3 is 9.64 Å². The Morgan fingerprint density at radius 2 is 1.83 bits per heavy atom. The minimum atomic E-state index is -3.40. The van der Waals surface area contributed by atoms with Crippen molar-refractivity contribution in [3.05, 3.63) is 64.7 Å². The normalized spacial score (nSPS) is 18.6. The average molecular weight is 450 g/mol. The molecule has 0 radical (unpaired) electrons. The second-order valence-corrected chi connectivity index (χ2v) is 10.2. The van der Waals surface area contributed by atoms with Gasteiger partial charge in [-0.15, -0.1) is 0 Å². The highest BCUT2D eigenvalue weighted by atomic mass is 35.5. The molecule has 162 valence electrons. The molecule has 1 aliphatic rings. The fourth-order valence-corrected chi connectivity index (χ4v) is 5.80. The molecule has 0 N–H and O–H groups in total. The molecule has 0 spiro atoms. The van der Waals surface area contributed by atoms with Gasteiger partial charge in [0.1, 0.15) is 5.75 Å². The number of carbonyl (C=O) groups excluding carboxylic acids is 1. The van der Waals surface area contributed by atoms with Gasteiger partial charge in [0, 0.05) is 23.7 Å². The van der Waals surface area contributed by atoms with Crippen LogP contribution in [0.25, 0.3) is 0 Å². The molecule has 1 amide bonds. The summed E-state index contributed by atoms with van der Waals surface area (Å²) in [5.41, 5.74) is 1.14. The van der Waals surface area contributed by atoms with E-state index in [2.05, 4.69) is 6.92 Å². The molecule has 1 unspecified atom stereocenters. The molecule has 2 aromatic carbocycles. The van der Waals surface area contributed by atoms with E-state index in [0.717, 1.165) is 25.0 Å². The predicted molar refractivity (Wildman–Crippen MR) is 120 cm³/mol. The summed E-state index contributed by atoms with van der Waals surface area (Å²) >= 11 is 6.24. The van der Waals surface area contributed by atoms with Gasteiger partial charge in [-0.3, -0.25) is 4.79 Å². The molecule has 1 saturated heterocycles. The van der Waals surface area contributed by atoms with Crippen LogP contribution in [-0.4, -0.2) is 44.7 Å². The summed E-state index contributed by atoms with van der Waals surface area (Å²) in [5.74, 6) is 0.496. The van der Waals surface area contributed by atoms with Gasteiger partial charge >= 0.3 is 0 Å². The summed E-state index contributed by atoms with van der Waals surface area (Å²) < 4.78 is 31.4. The van der Waals surface area contributed by atoms with Crippen LogP contribution in [0, 0.1) is 0 Å². The summed E-state index contributed by atoms with van der Waals surface area (Å²) in [6, 6.07) is 14.1. The van der Waals surface area contributed by atoms with E-state index in [1.807, 2.05) is 0 Å². The molecular weight excluding hydrogens is 422 g/mol. The number of sulfone groups is 1. The molecule has 5 nitrogen and oxygen atoms in total. The number of benzene rings is 2. The van der Waals surface area contributed by atoms with Crippen molar-refractivity contribution in [2.24, 2.45) is 0 Å². The van der Waals surface area contributed by atoms with E-state index in [1.54, 1.807) is 53.4 Å². The number of nitrogens with zero attached hydrogens (tertiary/aromatic N) is 1. The molecule has 30 heavy (non-hydrogen) atoms. The maximum Gasteiger partial charge on any atom is 0.253 e. The summed E-state index contributed by atoms with van der Waals surface area (Å²) in [6.45, 7) is 3.35. The van der Waals surface area contributed by atoms with Gasteiger partial charge in [-0.25, -0.2) is 8.42 Å². The average Bonchev–Trinajstić information content (AvgIpc) is 2.90. The number of hydrogen-bond acceptors (Lipinski definition) is 4. The maximum absolute atomic E-state index is 12.9. The molecule has 1 atom stereocenters. The smallest absolute Gasteiger partial charge is 0.253 e. The van der Waals surface area contributed by atoms with E-state index in [1.165, 1.54) is 0 Å². The summed E-state index contributed by atoms with van der Waals surface area (Å²) in [7, 11) is -3.40. The quantitative estimate of drug-likeness (QED) is 0.563. The first kappa shape index (κ1) is 22.6. The Morgan fingerprint density at radius 3 is 2.53 bits per heavy atom. The van der Waals surface area contributed by atoms with E-state index in [9.17, 15) is 13.2 Å². The Balaban J connectivity index is 1.67. The second kappa shape index (κ2) is 10.3. The Bertz CT molecular complexity index is 959. The van der Waals surface area contributed by atoms with Crippen molar-refractivity contribution in [3.8, 4) is 5.75 Å². The summed E-state index contributed by atoms with van der Waals surface area (Å²) in [4.78, 5) is 14.6. The Morgan fingerprint density at radius 1 is 1.10 bits per heavy atom. The Hall–Kier alpha value is -2.05. The van der Waals surface area contributed by atoms with Crippen molar-refractivity contribution >= 4 is 27.3 Å². The third-order valence-corrected chi connectivity index (χ3v) is 7.85. The lowest BCUT2D eigenvalue weighted by atomic mass is 10.1. The zero-order valence-corrected chi connectivity index (χ0v) is 18.8. The van der Waals surface area contributed by atoms with Crippen molar-refractivity contribution in [2.45, 2.75) is 37.9 Å². The van der Waals surface area contributed by atoms with Crippen molar-refractivity contribution in [2.75, 3.05) is 25.4 Å². The number of ether oxygens (including phenoxy) is 1. The minimum absolute atomic E-state index is 0.0761. The molecule has 1 aliphatic heterocycles. The largest absolute Gasteiger partial charge is 0.494 e. The van der Waals surface area contributed by atoms with Gasteiger partial charge in [0.05, 0.1) is 17.6 Å². The molecule has 0 saturated carbocycles. The van der Waals surface area contributed by atoms with Gasteiger partial charge in [-0.2, -0.15) is 0 Å². The first-order valence-electron chi connectivity index (χ1n) is 10.4. The number of rotatable bonds is 7. The van der Waals surface area contributed by atoms with Crippen LogP contribution in [0.3, 0.4) is 0 Å².